The predicted octanol–water partition coefficient (Wildman–Crippen LogP) is -0.153. The third-order valence-corrected chi connectivity index (χ3v) is 2.46. The van der Waals surface area contributed by atoms with E-state index in [2.05, 4.69) is 11.2 Å². The van der Waals surface area contributed by atoms with Crippen molar-refractivity contribution in [1.29, 1.82) is 5.26 Å². The fourth-order valence-electron chi connectivity index (χ4n) is 1.69. The zero-order chi connectivity index (χ0) is 10.1. The first-order valence-electron chi connectivity index (χ1n) is 4.37. The van der Waals surface area contributed by atoms with Crippen LogP contribution in [-0.2, 0) is 11.8 Å². The molecule has 0 N–H and O–H groups in total. The van der Waals surface area contributed by atoms with Crippen LogP contribution in [0.2, 0.25) is 0 Å². The van der Waals surface area contributed by atoms with Gasteiger partial charge in [0.2, 0.25) is 6.41 Å². The lowest BCUT2D eigenvalue weighted by molar-refractivity contribution is -0.122. The van der Waals surface area contributed by atoms with Crippen LogP contribution in [0.5, 0.6) is 0 Å². The van der Waals surface area contributed by atoms with E-state index in [4.69, 9.17) is 5.26 Å². The van der Waals surface area contributed by atoms with E-state index in [9.17, 15) is 4.79 Å². The zero-order valence-electron chi connectivity index (χ0n) is 7.84. The van der Waals surface area contributed by atoms with Gasteiger partial charge in [0.05, 0.1) is 0 Å². The minimum atomic E-state index is 0.281. The maximum Gasteiger partial charge on any atom is 0.209 e. The second kappa shape index (κ2) is 3.14. The number of aromatic nitrogens is 2. The van der Waals surface area contributed by atoms with Crippen LogP contribution in [-0.4, -0.2) is 34.2 Å². The van der Waals surface area contributed by atoms with E-state index in [1.165, 1.54) is 0 Å². The van der Waals surface area contributed by atoms with Gasteiger partial charge >= 0.3 is 0 Å². The molecular weight excluding hydrogens is 180 g/mol. The van der Waals surface area contributed by atoms with E-state index in [-0.39, 0.29) is 5.92 Å². The van der Waals surface area contributed by atoms with Crippen LogP contribution in [0.25, 0.3) is 0 Å². The highest BCUT2D eigenvalue weighted by molar-refractivity contribution is 5.50. The van der Waals surface area contributed by atoms with Crippen molar-refractivity contribution in [1.82, 2.24) is 14.7 Å². The number of aryl methyl sites for hydroxylation is 1. The molecule has 2 heterocycles. The van der Waals surface area contributed by atoms with Crippen molar-refractivity contribution < 1.29 is 4.79 Å². The van der Waals surface area contributed by atoms with E-state index in [1.807, 2.05) is 6.20 Å². The summed E-state index contributed by atoms with van der Waals surface area (Å²) < 4.78 is 1.64. The maximum atomic E-state index is 10.4. The topological polar surface area (TPSA) is 61.9 Å². The predicted molar refractivity (Wildman–Crippen MR) is 48.3 cm³/mol. The van der Waals surface area contributed by atoms with Crippen LogP contribution in [0.4, 0.5) is 0 Å². The summed E-state index contributed by atoms with van der Waals surface area (Å²) in [4.78, 5) is 12.0. The molecule has 1 amide bonds. The molecule has 5 heteroatoms. The Kier molecular flexibility index (Phi) is 1.97. The number of amides is 1. The molecule has 2 rings (SSSR count). The van der Waals surface area contributed by atoms with Crippen LogP contribution in [0.1, 0.15) is 17.2 Å². The highest BCUT2D eigenvalue weighted by Gasteiger charge is 2.30. The molecule has 0 atom stereocenters. The summed E-state index contributed by atoms with van der Waals surface area (Å²) in [5.41, 5.74) is 1.43. The second-order valence-electron chi connectivity index (χ2n) is 3.47. The molecular formula is C9H10N4O. The fourth-order valence-corrected chi connectivity index (χ4v) is 1.69. The summed E-state index contributed by atoms with van der Waals surface area (Å²) in [6.07, 6.45) is 2.68. The van der Waals surface area contributed by atoms with Gasteiger partial charge in [0.15, 0.2) is 5.69 Å². The van der Waals surface area contributed by atoms with Crippen molar-refractivity contribution in [2.24, 2.45) is 7.05 Å². The van der Waals surface area contributed by atoms with Gasteiger partial charge < -0.3 is 4.90 Å². The number of nitrogens with zero attached hydrogens (tertiary/aromatic N) is 4. The van der Waals surface area contributed by atoms with Crippen LogP contribution in [0.3, 0.4) is 0 Å². The van der Waals surface area contributed by atoms with Crippen molar-refractivity contribution in [3.63, 3.8) is 0 Å². The van der Waals surface area contributed by atoms with Gasteiger partial charge in [-0.1, -0.05) is 0 Å². The third-order valence-electron chi connectivity index (χ3n) is 2.46. The average Bonchev–Trinajstić information content (AvgIpc) is 2.45. The Balaban J connectivity index is 2.18. The molecule has 0 unspecified atom stereocenters. The van der Waals surface area contributed by atoms with E-state index in [1.54, 1.807) is 16.6 Å². The number of likely N-dealkylation sites (tertiary alicyclic amines) is 1. The van der Waals surface area contributed by atoms with Crippen LogP contribution >= 0.6 is 0 Å². The minimum absolute atomic E-state index is 0.281. The molecule has 72 valence electrons. The molecule has 0 aromatic carbocycles. The Morgan fingerprint density at radius 1 is 1.71 bits per heavy atom. The normalized spacial score (nSPS) is 16.1. The quantitative estimate of drug-likeness (QED) is 0.609. The summed E-state index contributed by atoms with van der Waals surface area (Å²) in [6, 6.07) is 2.06. The maximum absolute atomic E-state index is 10.4. The van der Waals surface area contributed by atoms with Crippen molar-refractivity contribution in [3.05, 3.63) is 17.5 Å². The molecule has 0 aliphatic carbocycles. The summed E-state index contributed by atoms with van der Waals surface area (Å²) in [6.45, 7) is 1.40. The number of hydrogen-bond acceptors (Lipinski definition) is 3. The lowest BCUT2D eigenvalue weighted by atomic mass is 9.93. The van der Waals surface area contributed by atoms with E-state index in [0.717, 1.165) is 12.0 Å². The van der Waals surface area contributed by atoms with Gasteiger partial charge in [0.25, 0.3) is 0 Å². The Morgan fingerprint density at radius 2 is 2.43 bits per heavy atom. The van der Waals surface area contributed by atoms with Crippen LogP contribution < -0.4 is 0 Å². The highest BCUT2D eigenvalue weighted by Crippen LogP contribution is 2.27. The van der Waals surface area contributed by atoms with Crippen molar-refractivity contribution in [3.8, 4) is 6.07 Å². The van der Waals surface area contributed by atoms with Gasteiger partial charge in [-0.2, -0.15) is 10.4 Å². The zero-order valence-corrected chi connectivity index (χ0v) is 7.84. The Hall–Kier alpha value is -1.83. The van der Waals surface area contributed by atoms with Crippen molar-refractivity contribution >= 4 is 6.41 Å². The first-order chi connectivity index (χ1) is 6.74. The molecule has 1 aromatic rings. The van der Waals surface area contributed by atoms with Gasteiger partial charge in [0, 0.05) is 37.8 Å². The standard InChI is InChI=1S/C9H10N4O/c1-12-5-8(9(2-10)11-12)7-3-13(4-7)6-14/h5-7H,3-4H2,1H3. The number of carbonyl (C=O) groups is 1. The molecule has 0 radical (unpaired) electrons. The number of carbonyl (C=O) groups excluding carboxylic acids is 1. The molecule has 14 heavy (non-hydrogen) atoms. The number of hydrogen-bond donors (Lipinski definition) is 0. The molecule has 1 saturated heterocycles. The van der Waals surface area contributed by atoms with Crippen molar-refractivity contribution in [2.45, 2.75) is 5.92 Å². The van der Waals surface area contributed by atoms with Gasteiger partial charge in [-0.3, -0.25) is 9.48 Å². The monoisotopic (exact) mass is 190 g/mol. The van der Waals surface area contributed by atoms with Gasteiger partial charge in [-0.05, 0) is 0 Å². The van der Waals surface area contributed by atoms with E-state index >= 15 is 0 Å². The van der Waals surface area contributed by atoms with Gasteiger partial charge in [-0.25, -0.2) is 0 Å². The first kappa shape index (κ1) is 8.75. The summed E-state index contributed by atoms with van der Waals surface area (Å²) in [5, 5.41) is 12.8. The van der Waals surface area contributed by atoms with E-state index in [0.29, 0.717) is 18.8 Å². The average molecular weight is 190 g/mol. The molecule has 0 saturated carbocycles. The first-order valence-corrected chi connectivity index (χ1v) is 4.37. The van der Waals surface area contributed by atoms with Gasteiger partial charge in [0.1, 0.15) is 6.07 Å². The molecule has 0 bridgehead atoms. The lowest BCUT2D eigenvalue weighted by Crippen LogP contribution is -2.43. The molecule has 1 aromatic heterocycles. The number of rotatable bonds is 2. The second-order valence-corrected chi connectivity index (χ2v) is 3.47. The molecule has 1 fully saturated rings. The summed E-state index contributed by atoms with van der Waals surface area (Å²) >= 11 is 0. The molecule has 1 aliphatic heterocycles. The summed E-state index contributed by atoms with van der Waals surface area (Å²) in [5.74, 6) is 0.281. The van der Waals surface area contributed by atoms with Crippen LogP contribution in [0, 0.1) is 11.3 Å². The van der Waals surface area contributed by atoms with Gasteiger partial charge in [-0.15, -0.1) is 0 Å². The van der Waals surface area contributed by atoms with Crippen molar-refractivity contribution in [2.75, 3.05) is 13.1 Å². The van der Waals surface area contributed by atoms with Crippen LogP contribution in [0.15, 0.2) is 6.20 Å². The Morgan fingerprint density at radius 3 is 3.00 bits per heavy atom. The molecule has 0 spiro atoms. The highest BCUT2D eigenvalue weighted by atomic mass is 16.1. The largest absolute Gasteiger partial charge is 0.344 e. The molecule has 1 aliphatic rings. The number of nitriles is 1. The minimum Gasteiger partial charge on any atom is -0.344 e. The van der Waals surface area contributed by atoms with E-state index < -0.39 is 0 Å². The Bertz CT molecular complexity index is 397. The third kappa shape index (κ3) is 1.25. The summed E-state index contributed by atoms with van der Waals surface area (Å²) in [7, 11) is 1.79. The SMILES string of the molecule is Cn1cc(C2CN(C=O)C2)c(C#N)n1. The smallest absolute Gasteiger partial charge is 0.209 e. The molecule has 5 nitrogen and oxygen atoms in total. The lowest BCUT2D eigenvalue weighted by Gasteiger charge is -2.35. The fraction of sp³-hybridized carbons (Fsp3) is 0.444. The Labute approximate surface area is 81.5 Å².